The van der Waals surface area contributed by atoms with Crippen molar-refractivity contribution in [2.45, 2.75) is 52.9 Å². The first-order chi connectivity index (χ1) is 14.1. The molecule has 0 atom stereocenters. The Morgan fingerprint density at radius 2 is 1.97 bits per heavy atom. The Morgan fingerprint density at radius 1 is 1.21 bits per heavy atom. The first-order valence-electron chi connectivity index (χ1n) is 10.5. The fraction of sp³-hybridized carbons (Fsp3) is 0.500. The van der Waals surface area contributed by atoms with E-state index in [1.54, 1.807) is 0 Å². The van der Waals surface area contributed by atoms with Gasteiger partial charge < -0.3 is 19.9 Å². The number of aromatic nitrogens is 2. The van der Waals surface area contributed by atoms with Crippen LogP contribution < -0.4 is 15.6 Å². The molecule has 2 amide bonds. The molecule has 0 saturated carbocycles. The smallest absolute Gasteiger partial charge is 0.321 e. The lowest BCUT2D eigenvalue weighted by Crippen LogP contribution is -2.32. The minimum atomic E-state index is -0.123. The van der Waals surface area contributed by atoms with Gasteiger partial charge in [-0.15, -0.1) is 0 Å². The highest BCUT2D eigenvalue weighted by molar-refractivity contribution is 5.90. The molecule has 1 aliphatic rings. The Balaban J connectivity index is 1.99. The maximum atomic E-state index is 12.6. The summed E-state index contributed by atoms with van der Waals surface area (Å²) in [5, 5.41) is 2.95. The molecule has 2 N–H and O–H groups in total. The number of amides is 2. The van der Waals surface area contributed by atoms with Crippen LogP contribution in [0.25, 0.3) is 11.4 Å². The van der Waals surface area contributed by atoms with Gasteiger partial charge in [0.15, 0.2) is 0 Å². The third-order valence-electron chi connectivity index (χ3n) is 5.13. The van der Waals surface area contributed by atoms with E-state index < -0.39 is 0 Å². The number of nitrogens with zero attached hydrogens (tertiary/aromatic N) is 2. The number of aromatic amines is 1. The van der Waals surface area contributed by atoms with E-state index in [-0.39, 0.29) is 11.6 Å². The summed E-state index contributed by atoms with van der Waals surface area (Å²) in [6.07, 6.45) is 4.26. The number of rotatable bonds is 7. The van der Waals surface area contributed by atoms with Crippen LogP contribution in [0.15, 0.2) is 23.0 Å². The highest BCUT2D eigenvalue weighted by atomic mass is 16.5. The van der Waals surface area contributed by atoms with Crippen LogP contribution in [0.3, 0.4) is 0 Å². The van der Waals surface area contributed by atoms with E-state index in [2.05, 4.69) is 10.3 Å². The van der Waals surface area contributed by atoms with E-state index in [9.17, 15) is 9.59 Å². The zero-order valence-electron chi connectivity index (χ0n) is 17.5. The first kappa shape index (κ1) is 20.9. The zero-order valence-corrected chi connectivity index (χ0v) is 17.5. The van der Waals surface area contributed by atoms with Crippen LogP contribution >= 0.6 is 0 Å². The summed E-state index contributed by atoms with van der Waals surface area (Å²) in [5.41, 5.74) is 2.71. The van der Waals surface area contributed by atoms with Crippen molar-refractivity contribution in [2.24, 2.45) is 0 Å². The maximum Gasteiger partial charge on any atom is 0.321 e. The number of nitrogens with one attached hydrogen (secondary N) is 2. The lowest BCUT2D eigenvalue weighted by atomic mass is 10.1. The van der Waals surface area contributed by atoms with Gasteiger partial charge in [0.25, 0.3) is 5.56 Å². The number of aryl methyl sites for hydroxylation is 1. The highest BCUT2D eigenvalue weighted by Crippen LogP contribution is 2.31. The van der Waals surface area contributed by atoms with Crippen LogP contribution in [0.4, 0.5) is 10.5 Å². The van der Waals surface area contributed by atoms with E-state index in [0.717, 1.165) is 38.0 Å². The highest BCUT2D eigenvalue weighted by Gasteiger charge is 2.19. The molecule has 0 spiro atoms. The number of hydrogen-bond acceptors (Lipinski definition) is 4. The second-order valence-corrected chi connectivity index (χ2v) is 7.23. The summed E-state index contributed by atoms with van der Waals surface area (Å²) in [5.74, 6) is 1.10. The molecule has 3 rings (SSSR count). The van der Waals surface area contributed by atoms with Gasteiger partial charge in [0.05, 0.1) is 17.9 Å². The maximum absolute atomic E-state index is 12.6. The standard InChI is InChI=1S/C22H30N4O3/c1-4-13-29-19-10-9-15(23-22(28)26-11-7-8-12-26)14-17(19)20-24-18(6-3)16(5-2)21(27)25-20/h9-10,14H,4-8,11-13H2,1-3H3,(H,23,28)(H,24,25,27). The summed E-state index contributed by atoms with van der Waals surface area (Å²) in [6, 6.07) is 5.36. The van der Waals surface area contributed by atoms with E-state index in [4.69, 9.17) is 9.72 Å². The van der Waals surface area contributed by atoms with Gasteiger partial charge in [0.2, 0.25) is 0 Å². The molecular weight excluding hydrogens is 368 g/mol. The molecule has 0 radical (unpaired) electrons. The Morgan fingerprint density at radius 3 is 2.62 bits per heavy atom. The molecular formula is C22H30N4O3. The number of ether oxygens (including phenoxy) is 1. The van der Waals surface area contributed by atoms with Crippen molar-refractivity contribution in [3.05, 3.63) is 39.8 Å². The Bertz CT molecular complexity index is 917. The van der Waals surface area contributed by atoms with Crippen molar-refractivity contribution >= 4 is 11.7 Å². The lowest BCUT2D eigenvalue weighted by molar-refractivity contribution is 0.222. The summed E-state index contributed by atoms with van der Waals surface area (Å²) in [7, 11) is 0. The molecule has 1 aromatic carbocycles. The summed E-state index contributed by atoms with van der Waals surface area (Å²) in [4.78, 5) is 34.5. The largest absolute Gasteiger partial charge is 0.493 e. The molecule has 0 unspecified atom stereocenters. The van der Waals surface area contributed by atoms with Gasteiger partial charge in [-0.05, 0) is 50.3 Å². The lowest BCUT2D eigenvalue weighted by Gasteiger charge is -2.18. The summed E-state index contributed by atoms with van der Waals surface area (Å²) < 4.78 is 5.89. The fourth-order valence-corrected chi connectivity index (χ4v) is 3.58. The molecule has 0 aliphatic carbocycles. The third kappa shape index (κ3) is 4.78. The van der Waals surface area contributed by atoms with Gasteiger partial charge in [-0.2, -0.15) is 0 Å². The number of urea groups is 1. The number of carbonyl (C=O) groups is 1. The summed E-state index contributed by atoms with van der Waals surface area (Å²) >= 11 is 0. The molecule has 1 aliphatic heterocycles. The predicted octanol–water partition coefficient (Wildman–Crippen LogP) is 3.98. The van der Waals surface area contributed by atoms with Gasteiger partial charge in [-0.3, -0.25) is 4.79 Å². The zero-order chi connectivity index (χ0) is 20.8. The molecule has 7 nitrogen and oxygen atoms in total. The van der Waals surface area contributed by atoms with Crippen LogP contribution in [0.1, 0.15) is 51.3 Å². The van der Waals surface area contributed by atoms with Crippen LogP contribution in [-0.2, 0) is 12.8 Å². The normalized spacial score (nSPS) is 13.6. The van der Waals surface area contributed by atoms with E-state index in [1.165, 1.54) is 0 Å². The average Bonchev–Trinajstić information content (AvgIpc) is 3.27. The van der Waals surface area contributed by atoms with E-state index in [1.807, 2.05) is 43.9 Å². The second kappa shape index (κ2) is 9.58. The number of likely N-dealkylation sites (tertiary alicyclic amines) is 1. The quantitative estimate of drug-likeness (QED) is 0.738. The number of benzene rings is 1. The first-order valence-corrected chi connectivity index (χ1v) is 10.5. The Kier molecular flexibility index (Phi) is 6.90. The van der Waals surface area contributed by atoms with Crippen LogP contribution in [-0.4, -0.2) is 40.6 Å². The minimum Gasteiger partial charge on any atom is -0.493 e. The van der Waals surface area contributed by atoms with Gasteiger partial charge in [-0.1, -0.05) is 20.8 Å². The molecule has 7 heteroatoms. The van der Waals surface area contributed by atoms with Crippen molar-refractivity contribution < 1.29 is 9.53 Å². The number of H-pyrrole nitrogens is 1. The number of anilines is 1. The van der Waals surface area contributed by atoms with Gasteiger partial charge in [-0.25, -0.2) is 9.78 Å². The van der Waals surface area contributed by atoms with Crippen molar-refractivity contribution in [3.63, 3.8) is 0 Å². The topological polar surface area (TPSA) is 87.3 Å². The minimum absolute atomic E-state index is 0.104. The van der Waals surface area contributed by atoms with Gasteiger partial charge >= 0.3 is 6.03 Å². The van der Waals surface area contributed by atoms with Gasteiger partial charge in [0.1, 0.15) is 11.6 Å². The van der Waals surface area contributed by atoms with E-state index >= 15 is 0 Å². The van der Waals surface area contributed by atoms with Crippen molar-refractivity contribution in [3.8, 4) is 17.1 Å². The average molecular weight is 399 g/mol. The monoisotopic (exact) mass is 398 g/mol. The Hall–Kier alpha value is -2.83. The fourth-order valence-electron chi connectivity index (χ4n) is 3.58. The predicted molar refractivity (Wildman–Crippen MR) is 115 cm³/mol. The van der Waals surface area contributed by atoms with E-state index in [0.29, 0.717) is 47.8 Å². The van der Waals surface area contributed by atoms with Crippen molar-refractivity contribution in [1.29, 1.82) is 0 Å². The second-order valence-electron chi connectivity index (χ2n) is 7.23. The molecule has 0 bridgehead atoms. The number of carbonyl (C=O) groups excluding carboxylic acids is 1. The summed E-state index contributed by atoms with van der Waals surface area (Å²) in [6.45, 7) is 8.11. The molecule has 1 fully saturated rings. The molecule has 2 aromatic rings. The molecule has 1 saturated heterocycles. The van der Waals surface area contributed by atoms with Crippen molar-refractivity contribution in [2.75, 3.05) is 25.0 Å². The van der Waals surface area contributed by atoms with Crippen LogP contribution in [0.2, 0.25) is 0 Å². The third-order valence-corrected chi connectivity index (χ3v) is 5.13. The Labute approximate surface area is 171 Å². The molecule has 1 aromatic heterocycles. The molecule has 29 heavy (non-hydrogen) atoms. The molecule has 2 heterocycles. The van der Waals surface area contributed by atoms with Crippen molar-refractivity contribution in [1.82, 2.24) is 14.9 Å². The van der Waals surface area contributed by atoms with Gasteiger partial charge in [0, 0.05) is 24.3 Å². The van der Waals surface area contributed by atoms with Crippen LogP contribution in [0, 0.1) is 0 Å². The molecule has 156 valence electrons. The number of hydrogen-bond donors (Lipinski definition) is 2. The SMILES string of the molecule is CCCOc1ccc(NC(=O)N2CCCC2)cc1-c1nc(CC)c(CC)c(=O)[nH]1. The van der Waals surface area contributed by atoms with Crippen LogP contribution in [0.5, 0.6) is 5.75 Å².